The van der Waals surface area contributed by atoms with E-state index in [9.17, 15) is 43.5 Å². The molecule has 0 saturated heterocycles. The van der Waals surface area contributed by atoms with Crippen LogP contribution in [0.4, 0.5) is 0 Å². The third kappa shape index (κ3) is 94.9. The van der Waals surface area contributed by atoms with Crippen LogP contribution in [-0.4, -0.2) is 95.9 Å². The maximum atomic E-state index is 13.1. The predicted molar refractivity (Wildman–Crippen MR) is 509 cm³/mol. The average Bonchev–Trinajstić information content (AvgIpc) is 0.894. The molecule has 0 aromatic carbocycles. The number of ether oxygens (including phenoxy) is 3. The quantitative estimate of drug-likeness (QED) is 0.0146. The largest absolute Gasteiger partial charge is 0.472 e. The van der Waals surface area contributed by atoms with Crippen LogP contribution in [0.5, 0.6) is 0 Å². The fourth-order valence-electron chi connectivity index (χ4n) is 12.6. The molecule has 5 atom stereocenters. The molecule has 0 saturated carbocycles. The highest BCUT2D eigenvalue weighted by Crippen LogP contribution is 2.45. The zero-order chi connectivity index (χ0) is 87.9. The van der Waals surface area contributed by atoms with Gasteiger partial charge in [-0.2, -0.15) is 0 Å². The molecule has 0 amide bonds. The maximum absolute atomic E-state index is 13.1. The molecular weight excluding hydrogens is 1560 g/mol. The fourth-order valence-corrected chi connectivity index (χ4v) is 14.2. The van der Waals surface area contributed by atoms with Crippen molar-refractivity contribution < 1.29 is 75.8 Å². The van der Waals surface area contributed by atoms with E-state index in [1.54, 1.807) is 0 Å². The van der Waals surface area contributed by atoms with E-state index in [0.29, 0.717) is 19.3 Å². The Morgan fingerprint density at radius 3 is 0.694 bits per heavy atom. The minimum Gasteiger partial charge on any atom is -0.463 e. The first-order valence-electron chi connectivity index (χ1n) is 47.7. The van der Waals surface area contributed by atoms with Crippen molar-refractivity contribution in [2.75, 3.05) is 39.6 Å². The number of unbranched alkanes of at least 4 members (excludes halogenated alkanes) is 34. The number of carbonyl (C=O) groups excluding carboxylic acids is 3. The maximum Gasteiger partial charge on any atom is 0.472 e. The summed E-state index contributed by atoms with van der Waals surface area (Å²) in [6, 6.07) is 0. The topological polar surface area (TPSA) is 231 Å². The molecule has 0 fully saturated rings. The van der Waals surface area contributed by atoms with Gasteiger partial charge < -0.3 is 34.2 Å². The molecule has 0 aliphatic rings. The van der Waals surface area contributed by atoms with Crippen LogP contribution < -0.4 is 0 Å². The van der Waals surface area contributed by atoms with E-state index >= 15 is 0 Å². The molecule has 121 heavy (non-hydrogen) atoms. The highest BCUT2D eigenvalue weighted by Gasteiger charge is 2.30. The molecule has 18 heteroatoms. The Hall–Kier alpha value is -5.61. The van der Waals surface area contributed by atoms with Gasteiger partial charge in [0.2, 0.25) is 0 Å². The molecule has 4 N–H and O–H groups in total. The van der Waals surface area contributed by atoms with Crippen molar-refractivity contribution in [3.8, 4) is 0 Å². The molecule has 5 unspecified atom stereocenters. The van der Waals surface area contributed by atoms with E-state index < -0.39 is 91.5 Å². The number of carbonyl (C=O) groups is 3. The highest BCUT2D eigenvalue weighted by molar-refractivity contribution is 7.47. The van der Waals surface area contributed by atoms with E-state index in [-0.39, 0.29) is 19.3 Å². The zero-order valence-electron chi connectivity index (χ0n) is 76.1. The van der Waals surface area contributed by atoms with Gasteiger partial charge in [0, 0.05) is 19.3 Å². The normalized spacial score (nSPS) is 14.6. The lowest BCUT2D eigenvalue weighted by molar-refractivity contribution is -0.161. The first kappa shape index (κ1) is 115. The summed E-state index contributed by atoms with van der Waals surface area (Å²) < 4.78 is 61.6. The van der Waals surface area contributed by atoms with Gasteiger partial charge in [-0.3, -0.25) is 32.5 Å². The molecule has 0 bridgehead atoms. The molecule has 16 nitrogen and oxygen atoms in total. The number of allylic oxidation sites excluding steroid dienone is 32. The van der Waals surface area contributed by atoms with Crippen LogP contribution in [0.2, 0.25) is 0 Å². The molecule has 0 aromatic rings. The van der Waals surface area contributed by atoms with Crippen LogP contribution in [-0.2, 0) is 55.8 Å². The van der Waals surface area contributed by atoms with Crippen LogP contribution >= 0.6 is 15.6 Å². The van der Waals surface area contributed by atoms with Crippen molar-refractivity contribution in [1.82, 2.24) is 0 Å². The molecule has 0 aliphatic heterocycles. The summed E-state index contributed by atoms with van der Waals surface area (Å²) in [5, 5.41) is 20.8. The molecule has 0 radical (unpaired) electrons. The first-order chi connectivity index (χ1) is 59.2. The minimum atomic E-state index is -4.95. The van der Waals surface area contributed by atoms with Crippen LogP contribution in [0.1, 0.15) is 380 Å². The van der Waals surface area contributed by atoms with Gasteiger partial charge in [-0.25, -0.2) is 9.13 Å². The van der Waals surface area contributed by atoms with Gasteiger partial charge in [-0.15, -0.1) is 0 Å². The van der Waals surface area contributed by atoms with E-state index in [2.05, 4.69) is 215 Å². The Balaban J connectivity index is 4.67. The number of phosphoric ester groups is 2. The van der Waals surface area contributed by atoms with Crippen LogP contribution in [0.3, 0.4) is 0 Å². The van der Waals surface area contributed by atoms with Gasteiger partial charge >= 0.3 is 33.6 Å². The number of rotatable bonds is 89. The van der Waals surface area contributed by atoms with E-state index in [1.165, 1.54) is 109 Å². The van der Waals surface area contributed by atoms with Gasteiger partial charge in [0.1, 0.15) is 25.4 Å². The smallest absolute Gasteiger partial charge is 0.463 e. The molecule has 0 rings (SSSR count). The summed E-state index contributed by atoms with van der Waals surface area (Å²) in [6.07, 6.45) is 125. The lowest BCUT2D eigenvalue weighted by Crippen LogP contribution is -2.30. The molecule has 690 valence electrons. The SMILES string of the molecule is CC/C=C\C/C=C\C/C=C\C/C=C\C/C=C\C/C=C\CCCCCCCCCCC(=O)OCC(COP(=O)(O)OCC(O)COP(=O)(O)OCC(O)COC(=O)CCCCCCCCCCCCCCCCC/C=C\C/C=C\C/C=C\C/C=C\CCCCC)OC(=O)CCCCCCCCCC/C=C\C/C=C\C/C=C\C/C=C\C/C=C\C/C=C\CC. The second-order valence-electron chi connectivity index (χ2n) is 31.4. The Labute approximate surface area is 737 Å². The van der Waals surface area contributed by atoms with Crippen molar-refractivity contribution in [3.05, 3.63) is 194 Å². The van der Waals surface area contributed by atoms with Crippen molar-refractivity contribution in [2.45, 2.75) is 399 Å². The third-order valence-electron chi connectivity index (χ3n) is 19.8. The Morgan fingerprint density at radius 2 is 0.438 bits per heavy atom. The summed E-state index contributed by atoms with van der Waals surface area (Å²) in [7, 11) is -9.83. The molecule has 0 aromatic heterocycles. The minimum absolute atomic E-state index is 0.0850. The van der Waals surface area contributed by atoms with E-state index in [1.807, 2.05) is 0 Å². The number of aliphatic hydroxyl groups excluding tert-OH is 2. The van der Waals surface area contributed by atoms with Crippen molar-refractivity contribution in [3.63, 3.8) is 0 Å². The van der Waals surface area contributed by atoms with E-state index in [0.717, 1.165) is 212 Å². The van der Waals surface area contributed by atoms with Crippen LogP contribution in [0, 0.1) is 0 Å². The average molecular weight is 1730 g/mol. The Morgan fingerprint density at radius 1 is 0.240 bits per heavy atom. The Kier molecular flexibility index (Phi) is 89.2. The second-order valence-corrected chi connectivity index (χ2v) is 34.3. The second kappa shape index (κ2) is 93.5. The van der Waals surface area contributed by atoms with Crippen molar-refractivity contribution in [1.29, 1.82) is 0 Å². The van der Waals surface area contributed by atoms with Gasteiger partial charge in [-0.1, -0.05) is 389 Å². The number of hydrogen-bond donors (Lipinski definition) is 4. The predicted octanol–water partition coefficient (Wildman–Crippen LogP) is 29.8. The van der Waals surface area contributed by atoms with Crippen molar-refractivity contribution in [2.24, 2.45) is 0 Å². The Bertz CT molecular complexity index is 2980. The van der Waals surface area contributed by atoms with Gasteiger partial charge in [-0.05, 0) is 167 Å². The summed E-state index contributed by atoms with van der Waals surface area (Å²) in [5.41, 5.74) is 0. The fraction of sp³-hybridized carbons (Fsp3) is 0.660. The van der Waals surface area contributed by atoms with Gasteiger partial charge in [0.25, 0.3) is 0 Å². The lowest BCUT2D eigenvalue weighted by atomic mass is 10.0. The monoisotopic (exact) mass is 1730 g/mol. The molecular formula is C103H172O16P2. The molecule has 0 spiro atoms. The standard InChI is InChI=1S/C103H172O16P2/c1-4-7-10-13-16-19-22-25-28-31-34-37-40-43-46-47-48-49-52-54-56-59-62-65-68-71-74-77-80-83-86-89-101(106)113-92-98(104)93-115-120(109,110)116-94-99(105)95-117-121(111,112)118-97-100(119-103(108)91-88-85-82-79-76-73-70-67-64-61-58-55-51-45-42-39-36-33-30-27-24-21-18-15-12-9-6-3)96-114-102(107)90-87-84-81-78-75-72-69-66-63-60-57-53-50-44-41-38-35-32-29-26-23-20-17-14-11-8-5-2/h8-9,11-12,16-21,25-30,34-39,43-46,50-51,57-58,60-61,98-100,104-105H,4-7,10,13-15,22-24,31-33,40-42,47-49,52-56,59,62-97H2,1-3H3,(H,109,110)(H,111,112)/b11-8-,12-9-,19-16-,20-17-,21-18-,28-25-,29-26-,30-27-,37-34-,38-35-,39-36-,46-43-,50-44-,51-45-,60-57-,61-58-. The lowest BCUT2D eigenvalue weighted by Gasteiger charge is -2.21. The van der Waals surface area contributed by atoms with Gasteiger partial charge in [0.15, 0.2) is 6.10 Å². The molecule has 0 heterocycles. The van der Waals surface area contributed by atoms with Crippen LogP contribution in [0.15, 0.2) is 194 Å². The summed E-state index contributed by atoms with van der Waals surface area (Å²) in [5.74, 6) is -1.59. The van der Waals surface area contributed by atoms with E-state index in [4.69, 9.17) is 32.3 Å². The van der Waals surface area contributed by atoms with Gasteiger partial charge in [0.05, 0.1) is 26.4 Å². The molecule has 0 aliphatic carbocycles. The summed E-state index contributed by atoms with van der Waals surface area (Å²) in [6.45, 7) is 2.44. The highest BCUT2D eigenvalue weighted by atomic mass is 31.2. The third-order valence-corrected chi connectivity index (χ3v) is 21.7. The van der Waals surface area contributed by atoms with Crippen molar-refractivity contribution >= 4 is 33.6 Å². The number of aliphatic hydroxyl groups is 2. The summed E-state index contributed by atoms with van der Waals surface area (Å²) in [4.78, 5) is 59.1. The number of esters is 3. The zero-order valence-corrected chi connectivity index (χ0v) is 77.9. The first-order valence-corrected chi connectivity index (χ1v) is 50.7. The number of phosphoric acid groups is 2. The summed E-state index contributed by atoms with van der Waals surface area (Å²) >= 11 is 0. The number of hydrogen-bond acceptors (Lipinski definition) is 14. The van der Waals surface area contributed by atoms with Crippen LogP contribution in [0.25, 0.3) is 0 Å².